The van der Waals surface area contributed by atoms with E-state index >= 15 is 0 Å². The minimum atomic E-state index is 0. The fraction of sp³-hybridized carbons (Fsp3) is 0.941. The predicted octanol–water partition coefficient (Wildman–Crippen LogP) is 4.01. The van der Waals surface area contributed by atoms with Crippen LogP contribution in [0.25, 0.3) is 0 Å². The normalized spacial score (nSPS) is 21.7. The molecule has 1 amide bonds. The van der Waals surface area contributed by atoms with Crippen molar-refractivity contribution in [3.8, 4) is 0 Å². The van der Waals surface area contributed by atoms with Crippen LogP contribution in [0.15, 0.2) is 0 Å². The number of nitrogens with one attached hydrogen (secondary N) is 1. The molecule has 0 radical (unpaired) electrons. The zero-order valence-corrected chi connectivity index (χ0v) is 15.0. The Labute approximate surface area is 137 Å². The minimum absolute atomic E-state index is 0. The molecule has 0 aromatic rings. The maximum atomic E-state index is 12.7. The van der Waals surface area contributed by atoms with Gasteiger partial charge in [-0.15, -0.1) is 12.4 Å². The molecule has 1 rings (SSSR count). The van der Waals surface area contributed by atoms with Crippen LogP contribution in [0.4, 0.5) is 0 Å². The van der Waals surface area contributed by atoms with Gasteiger partial charge in [0, 0.05) is 25.0 Å². The Morgan fingerprint density at radius 1 is 1.10 bits per heavy atom. The summed E-state index contributed by atoms with van der Waals surface area (Å²) in [6.07, 6.45) is 9.27. The largest absolute Gasteiger partial charge is 0.342 e. The average Bonchev–Trinajstić information content (AvgIpc) is 2.45. The lowest BCUT2D eigenvalue weighted by molar-refractivity contribution is -0.136. The van der Waals surface area contributed by atoms with Gasteiger partial charge in [0.15, 0.2) is 0 Å². The first kappa shape index (κ1) is 20.7. The van der Waals surface area contributed by atoms with Gasteiger partial charge in [-0.1, -0.05) is 39.5 Å². The number of carbonyl (C=O) groups excluding carboxylic acids is 1. The maximum absolute atomic E-state index is 12.7. The standard InChI is InChI=1S/C17H34N2O.ClH/c1-4-6-8-12-19(13-9-7-5-2)17(20)16-10-11-18-15(3)14-16;/h15-16,18H,4-14H2,1-3H3;1H/t15-,16-;/m0./s1. The number of rotatable bonds is 9. The van der Waals surface area contributed by atoms with E-state index in [1.165, 1.54) is 25.7 Å². The molecule has 126 valence electrons. The number of amides is 1. The zero-order valence-electron chi connectivity index (χ0n) is 14.2. The number of nitrogens with zero attached hydrogens (tertiary/aromatic N) is 1. The van der Waals surface area contributed by atoms with Crippen molar-refractivity contribution < 1.29 is 4.79 Å². The van der Waals surface area contributed by atoms with Crippen LogP contribution < -0.4 is 5.32 Å². The Morgan fingerprint density at radius 2 is 1.67 bits per heavy atom. The molecule has 1 aliphatic rings. The van der Waals surface area contributed by atoms with Gasteiger partial charge < -0.3 is 10.2 Å². The number of halogens is 1. The molecule has 0 spiro atoms. The molecule has 21 heavy (non-hydrogen) atoms. The molecular formula is C17H35ClN2O. The van der Waals surface area contributed by atoms with Gasteiger partial charge in [-0.25, -0.2) is 0 Å². The molecule has 0 saturated carbocycles. The molecule has 1 heterocycles. The fourth-order valence-electron chi connectivity index (χ4n) is 3.05. The summed E-state index contributed by atoms with van der Waals surface area (Å²) in [5.41, 5.74) is 0. The summed E-state index contributed by atoms with van der Waals surface area (Å²) < 4.78 is 0. The van der Waals surface area contributed by atoms with E-state index in [0.29, 0.717) is 11.9 Å². The lowest BCUT2D eigenvalue weighted by Crippen LogP contribution is -2.44. The van der Waals surface area contributed by atoms with Crippen LogP contribution in [0.1, 0.15) is 72.1 Å². The highest BCUT2D eigenvalue weighted by molar-refractivity contribution is 5.85. The van der Waals surface area contributed by atoms with Gasteiger partial charge in [0.05, 0.1) is 0 Å². The van der Waals surface area contributed by atoms with Gasteiger partial charge in [0.2, 0.25) is 5.91 Å². The molecule has 3 nitrogen and oxygen atoms in total. The number of hydrogen-bond acceptors (Lipinski definition) is 2. The summed E-state index contributed by atoms with van der Waals surface area (Å²) in [7, 11) is 0. The van der Waals surface area contributed by atoms with Crippen molar-refractivity contribution >= 4 is 18.3 Å². The van der Waals surface area contributed by atoms with Gasteiger partial charge in [-0.05, 0) is 39.2 Å². The summed E-state index contributed by atoms with van der Waals surface area (Å²) in [6, 6.07) is 0.492. The summed E-state index contributed by atoms with van der Waals surface area (Å²) in [5, 5.41) is 3.44. The fourth-order valence-corrected chi connectivity index (χ4v) is 3.05. The lowest BCUT2D eigenvalue weighted by Gasteiger charge is -2.32. The van der Waals surface area contributed by atoms with Crippen molar-refractivity contribution in [1.82, 2.24) is 10.2 Å². The molecule has 0 aromatic heterocycles. The Balaban J connectivity index is 0.00000400. The van der Waals surface area contributed by atoms with E-state index in [2.05, 4.69) is 31.0 Å². The number of piperidine rings is 1. The molecule has 1 N–H and O–H groups in total. The minimum Gasteiger partial charge on any atom is -0.342 e. The summed E-state index contributed by atoms with van der Waals surface area (Å²) in [6.45, 7) is 9.56. The van der Waals surface area contributed by atoms with Crippen molar-refractivity contribution in [2.75, 3.05) is 19.6 Å². The summed E-state index contributed by atoms with van der Waals surface area (Å²) in [5.74, 6) is 0.681. The van der Waals surface area contributed by atoms with Crippen molar-refractivity contribution in [1.29, 1.82) is 0 Å². The Hall–Kier alpha value is -0.280. The smallest absolute Gasteiger partial charge is 0.225 e. The lowest BCUT2D eigenvalue weighted by atomic mass is 9.91. The van der Waals surface area contributed by atoms with Crippen LogP contribution in [0.5, 0.6) is 0 Å². The Kier molecular flexibility index (Phi) is 12.1. The first-order valence-electron chi connectivity index (χ1n) is 8.71. The molecule has 1 saturated heterocycles. The van der Waals surface area contributed by atoms with Crippen LogP contribution in [0, 0.1) is 5.92 Å². The second-order valence-electron chi connectivity index (χ2n) is 6.32. The molecule has 0 unspecified atom stereocenters. The molecule has 4 heteroatoms. The van der Waals surface area contributed by atoms with Crippen LogP contribution >= 0.6 is 12.4 Å². The van der Waals surface area contributed by atoms with Crippen molar-refractivity contribution in [3.63, 3.8) is 0 Å². The first-order valence-corrected chi connectivity index (χ1v) is 8.71. The highest BCUT2D eigenvalue weighted by atomic mass is 35.5. The van der Waals surface area contributed by atoms with Crippen LogP contribution in [0.3, 0.4) is 0 Å². The Bertz CT molecular complexity index is 264. The predicted molar refractivity (Wildman–Crippen MR) is 93.1 cm³/mol. The third-order valence-corrected chi connectivity index (χ3v) is 4.35. The van der Waals surface area contributed by atoms with E-state index in [-0.39, 0.29) is 18.3 Å². The average molecular weight is 319 g/mol. The molecule has 0 aromatic carbocycles. The number of carbonyl (C=O) groups is 1. The van der Waals surface area contributed by atoms with Gasteiger partial charge in [-0.2, -0.15) is 0 Å². The maximum Gasteiger partial charge on any atom is 0.225 e. The quantitative estimate of drug-likeness (QED) is 0.652. The van der Waals surface area contributed by atoms with E-state index in [0.717, 1.165) is 45.3 Å². The number of unbranched alkanes of at least 4 members (excludes halogenated alkanes) is 4. The van der Waals surface area contributed by atoms with Crippen molar-refractivity contribution in [3.05, 3.63) is 0 Å². The monoisotopic (exact) mass is 318 g/mol. The van der Waals surface area contributed by atoms with Crippen molar-refractivity contribution in [2.45, 2.75) is 78.2 Å². The second-order valence-corrected chi connectivity index (χ2v) is 6.32. The third-order valence-electron chi connectivity index (χ3n) is 4.35. The summed E-state index contributed by atoms with van der Waals surface area (Å²) >= 11 is 0. The molecule has 0 bridgehead atoms. The van der Waals surface area contributed by atoms with E-state index in [4.69, 9.17) is 0 Å². The van der Waals surface area contributed by atoms with Gasteiger partial charge in [-0.3, -0.25) is 4.79 Å². The topological polar surface area (TPSA) is 32.3 Å². The van der Waals surface area contributed by atoms with Crippen molar-refractivity contribution in [2.24, 2.45) is 5.92 Å². The van der Waals surface area contributed by atoms with E-state index < -0.39 is 0 Å². The molecule has 1 fully saturated rings. The van der Waals surface area contributed by atoms with E-state index in [1.807, 2.05) is 0 Å². The second kappa shape index (κ2) is 12.3. The third kappa shape index (κ3) is 8.06. The SMILES string of the molecule is CCCCCN(CCCCC)C(=O)[C@H]1CCN[C@@H](C)C1.Cl. The number of hydrogen-bond donors (Lipinski definition) is 1. The Morgan fingerprint density at radius 3 is 2.14 bits per heavy atom. The highest BCUT2D eigenvalue weighted by Gasteiger charge is 2.27. The van der Waals surface area contributed by atoms with Gasteiger partial charge in [0.1, 0.15) is 0 Å². The van der Waals surface area contributed by atoms with Crippen LogP contribution in [0.2, 0.25) is 0 Å². The molecule has 2 atom stereocenters. The van der Waals surface area contributed by atoms with Crippen LogP contribution in [-0.2, 0) is 4.79 Å². The zero-order chi connectivity index (χ0) is 14.8. The van der Waals surface area contributed by atoms with E-state index in [9.17, 15) is 4.79 Å². The van der Waals surface area contributed by atoms with Gasteiger partial charge >= 0.3 is 0 Å². The summed E-state index contributed by atoms with van der Waals surface area (Å²) in [4.78, 5) is 14.9. The van der Waals surface area contributed by atoms with E-state index in [1.54, 1.807) is 0 Å². The molecule has 0 aliphatic carbocycles. The van der Waals surface area contributed by atoms with Crippen LogP contribution in [-0.4, -0.2) is 36.5 Å². The highest BCUT2D eigenvalue weighted by Crippen LogP contribution is 2.19. The first-order chi connectivity index (χ1) is 9.69. The van der Waals surface area contributed by atoms with Gasteiger partial charge in [0.25, 0.3) is 0 Å². The molecular weight excluding hydrogens is 284 g/mol. The molecule has 1 aliphatic heterocycles.